The Morgan fingerprint density at radius 2 is 2.33 bits per heavy atom. The summed E-state index contributed by atoms with van der Waals surface area (Å²) in [5, 5.41) is 0. The van der Waals surface area contributed by atoms with Gasteiger partial charge in [-0.2, -0.15) is 0 Å². The molecule has 5 heteroatoms. The predicted molar refractivity (Wildman–Crippen MR) is 65.2 cm³/mol. The van der Waals surface area contributed by atoms with Crippen LogP contribution in [-0.4, -0.2) is 36.6 Å². The number of nitrogens with two attached hydrogens (primary N) is 1. The second kappa shape index (κ2) is 5.93. The van der Waals surface area contributed by atoms with Gasteiger partial charge in [-0.15, -0.1) is 0 Å². The quantitative estimate of drug-likeness (QED) is 0.866. The smallest absolute Gasteiger partial charge is 0.248 e. The Morgan fingerprint density at radius 1 is 1.50 bits per heavy atom. The second-order valence-corrected chi connectivity index (χ2v) is 4.41. The molecule has 0 aliphatic carbocycles. The van der Waals surface area contributed by atoms with E-state index in [0.29, 0.717) is 19.6 Å². The molecule has 1 aliphatic heterocycles. The Kier molecular flexibility index (Phi) is 4.28. The van der Waals surface area contributed by atoms with Crippen molar-refractivity contribution >= 4 is 5.91 Å². The van der Waals surface area contributed by atoms with Crippen molar-refractivity contribution in [1.29, 1.82) is 0 Å². The molecule has 98 valence electrons. The van der Waals surface area contributed by atoms with Crippen LogP contribution < -0.4 is 5.73 Å². The molecule has 1 aliphatic rings. The summed E-state index contributed by atoms with van der Waals surface area (Å²) in [7, 11) is 0. The van der Waals surface area contributed by atoms with E-state index in [-0.39, 0.29) is 24.4 Å². The van der Waals surface area contributed by atoms with E-state index in [1.807, 2.05) is 6.07 Å². The minimum Gasteiger partial charge on any atom is -0.367 e. The monoisotopic (exact) mass is 252 g/mol. The number of halogens is 1. The molecule has 1 amide bonds. The van der Waals surface area contributed by atoms with Crippen molar-refractivity contribution < 1.29 is 13.9 Å². The third-order valence-corrected chi connectivity index (χ3v) is 2.97. The number of nitrogens with zero attached hydrogens (tertiary/aromatic N) is 1. The second-order valence-electron chi connectivity index (χ2n) is 4.41. The normalized spacial score (nSPS) is 20.2. The average molecular weight is 252 g/mol. The lowest BCUT2D eigenvalue weighted by Crippen LogP contribution is -2.46. The van der Waals surface area contributed by atoms with Crippen molar-refractivity contribution in [2.45, 2.75) is 19.1 Å². The van der Waals surface area contributed by atoms with Gasteiger partial charge in [0.05, 0.1) is 6.10 Å². The summed E-state index contributed by atoms with van der Waals surface area (Å²) in [6.07, 6.45) is 0.716. The maximum absolute atomic E-state index is 13.1. The predicted octanol–water partition coefficient (Wildman–Crippen LogP) is 0.902. The first-order valence-electron chi connectivity index (χ1n) is 6.03. The molecule has 0 spiro atoms. The van der Waals surface area contributed by atoms with Crippen LogP contribution >= 0.6 is 0 Å². The Balaban J connectivity index is 2.00. The van der Waals surface area contributed by atoms with Crippen LogP contribution in [-0.2, 0) is 16.1 Å². The van der Waals surface area contributed by atoms with E-state index in [1.54, 1.807) is 11.0 Å². The first-order valence-corrected chi connectivity index (χ1v) is 6.03. The summed E-state index contributed by atoms with van der Waals surface area (Å²) in [6, 6.07) is 6.29. The van der Waals surface area contributed by atoms with Gasteiger partial charge in [-0.3, -0.25) is 4.79 Å². The fourth-order valence-corrected chi connectivity index (χ4v) is 2.05. The van der Waals surface area contributed by atoms with Gasteiger partial charge in [0.25, 0.3) is 0 Å². The third-order valence-electron chi connectivity index (χ3n) is 2.97. The van der Waals surface area contributed by atoms with E-state index in [9.17, 15) is 9.18 Å². The maximum Gasteiger partial charge on any atom is 0.248 e. The van der Waals surface area contributed by atoms with Gasteiger partial charge in [0.15, 0.2) is 0 Å². The molecule has 1 saturated heterocycles. The molecular weight excluding hydrogens is 235 g/mol. The molecule has 0 saturated carbocycles. The highest BCUT2D eigenvalue weighted by molar-refractivity contribution is 5.78. The van der Waals surface area contributed by atoms with E-state index in [2.05, 4.69) is 0 Å². The molecule has 2 rings (SSSR count). The SMILES string of the molecule is NCCC1CN(Cc2cccc(F)c2)C(=O)CO1. The van der Waals surface area contributed by atoms with Crippen LogP contribution in [0.3, 0.4) is 0 Å². The summed E-state index contributed by atoms with van der Waals surface area (Å²) in [5.74, 6) is -0.348. The van der Waals surface area contributed by atoms with E-state index in [4.69, 9.17) is 10.5 Å². The van der Waals surface area contributed by atoms with E-state index < -0.39 is 0 Å². The Hall–Kier alpha value is -1.46. The zero-order chi connectivity index (χ0) is 13.0. The molecule has 4 nitrogen and oxygen atoms in total. The zero-order valence-electron chi connectivity index (χ0n) is 10.1. The minimum absolute atomic E-state index is 0.0127. The molecule has 0 aromatic heterocycles. The Morgan fingerprint density at radius 3 is 3.06 bits per heavy atom. The molecule has 1 heterocycles. The number of hydrogen-bond acceptors (Lipinski definition) is 3. The molecule has 1 aromatic carbocycles. The van der Waals surface area contributed by atoms with Crippen LogP contribution in [0.15, 0.2) is 24.3 Å². The summed E-state index contributed by atoms with van der Waals surface area (Å²) in [5.41, 5.74) is 6.27. The molecule has 1 unspecified atom stereocenters. The molecule has 1 aromatic rings. The topological polar surface area (TPSA) is 55.6 Å². The van der Waals surface area contributed by atoms with Crippen molar-refractivity contribution in [2.75, 3.05) is 19.7 Å². The van der Waals surface area contributed by atoms with E-state index in [0.717, 1.165) is 12.0 Å². The highest BCUT2D eigenvalue weighted by Gasteiger charge is 2.25. The zero-order valence-corrected chi connectivity index (χ0v) is 10.1. The van der Waals surface area contributed by atoms with Crippen molar-refractivity contribution in [3.8, 4) is 0 Å². The fourth-order valence-electron chi connectivity index (χ4n) is 2.05. The lowest BCUT2D eigenvalue weighted by Gasteiger charge is -2.32. The Bertz CT molecular complexity index is 425. The van der Waals surface area contributed by atoms with Gasteiger partial charge in [0.2, 0.25) is 5.91 Å². The van der Waals surface area contributed by atoms with Gasteiger partial charge >= 0.3 is 0 Å². The van der Waals surface area contributed by atoms with Crippen LogP contribution in [0, 0.1) is 5.82 Å². The number of carbonyl (C=O) groups excluding carboxylic acids is 1. The van der Waals surface area contributed by atoms with Gasteiger partial charge in [-0.05, 0) is 30.7 Å². The number of ether oxygens (including phenoxy) is 1. The van der Waals surface area contributed by atoms with Crippen LogP contribution in [0.25, 0.3) is 0 Å². The van der Waals surface area contributed by atoms with Crippen molar-refractivity contribution in [1.82, 2.24) is 4.90 Å². The summed E-state index contributed by atoms with van der Waals surface area (Å²) >= 11 is 0. The molecule has 1 atom stereocenters. The van der Waals surface area contributed by atoms with Crippen molar-refractivity contribution in [2.24, 2.45) is 5.73 Å². The lowest BCUT2D eigenvalue weighted by molar-refractivity contribution is -0.149. The van der Waals surface area contributed by atoms with Gasteiger partial charge in [0, 0.05) is 13.1 Å². The minimum atomic E-state index is -0.285. The molecule has 0 radical (unpaired) electrons. The summed E-state index contributed by atoms with van der Waals surface area (Å²) in [6.45, 7) is 1.56. The third kappa shape index (κ3) is 3.27. The van der Waals surface area contributed by atoms with Crippen LogP contribution in [0.4, 0.5) is 4.39 Å². The van der Waals surface area contributed by atoms with E-state index in [1.165, 1.54) is 12.1 Å². The van der Waals surface area contributed by atoms with Crippen LogP contribution in [0.5, 0.6) is 0 Å². The van der Waals surface area contributed by atoms with Gasteiger partial charge in [-0.25, -0.2) is 4.39 Å². The molecule has 18 heavy (non-hydrogen) atoms. The highest BCUT2D eigenvalue weighted by Crippen LogP contribution is 2.14. The number of hydrogen-bond donors (Lipinski definition) is 1. The largest absolute Gasteiger partial charge is 0.367 e. The number of benzene rings is 1. The first kappa shape index (κ1) is 13.0. The van der Waals surface area contributed by atoms with Crippen LogP contribution in [0.1, 0.15) is 12.0 Å². The van der Waals surface area contributed by atoms with Crippen molar-refractivity contribution in [3.63, 3.8) is 0 Å². The Labute approximate surface area is 106 Å². The first-order chi connectivity index (χ1) is 8.69. The average Bonchev–Trinajstić information content (AvgIpc) is 2.34. The standard InChI is InChI=1S/C13H17FN2O2/c14-11-3-1-2-10(6-11)7-16-8-12(4-5-15)18-9-13(16)17/h1-3,6,12H,4-5,7-9,15H2. The maximum atomic E-state index is 13.1. The molecule has 0 bridgehead atoms. The highest BCUT2D eigenvalue weighted by atomic mass is 19.1. The van der Waals surface area contributed by atoms with Crippen molar-refractivity contribution in [3.05, 3.63) is 35.6 Å². The fraction of sp³-hybridized carbons (Fsp3) is 0.462. The van der Waals surface area contributed by atoms with Gasteiger partial charge in [0.1, 0.15) is 12.4 Å². The van der Waals surface area contributed by atoms with Gasteiger partial charge < -0.3 is 15.4 Å². The number of carbonyl (C=O) groups is 1. The summed E-state index contributed by atoms with van der Waals surface area (Å²) < 4.78 is 18.4. The number of rotatable bonds is 4. The molecule has 2 N–H and O–H groups in total. The number of amides is 1. The van der Waals surface area contributed by atoms with Gasteiger partial charge in [-0.1, -0.05) is 12.1 Å². The summed E-state index contributed by atoms with van der Waals surface area (Å²) in [4.78, 5) is 13.4. The molecular formula is C13H17FN2O2. The van der Waals surface area contributed by atoms with Crippen LogP contribution in [0.2, 0.25) is 0 Å². The molecule has 1 fully saturated rings. The lowest BCUT2D eigenvalue weighted by atomic mass is 10.1. The van der Waals surface area contributed by atoms with E-state index >= 15 is 0 Å². The number of morpholine rings is 1.